The van der Waals surface area contributed by atoms with Crippen LogP contribution in [0.3, 0.4) is 0 Å². The molecule has 2 amide bonds. The number of amides is 2. The molecular weight excluding hydrogens is 496 g/mol. The molecule has 1 aliphatic heterocycles. The van der Waals surface area contributed by atoms with Gasteiger partial charge < -0.3 is 25.1 Å². The van der Waals surface area contributed by atoms with E-state index in [4.69, 9.17) is 16.0 Å². The van der Waals surface area contributed by atoms with Gasteiger partial charge in [-0.1, -0.05) is 17.7 Å². The van der Waals surface area contributed by atoms with Gasteiger partial charge in [0.15, 0.2) is 0 Å². The molecule has 3 heterocycles. The van der Waals surface area contributed by atoms with Crippen LogP contribution in [0.1, 0.15) is 54.6 Å². The quantitative estimate of drug-likeness (QED) is 0.399. The highest BCUT2D eigenvalue weighted by molar-refractivity contribution is 6.30. The molecule has 2 aliphatic rings. The Balaban J connectivity index is 1.39. The lowest BCUT2D eigenvalue weighted by molar-refractivity contribution is -0.136. The number of carbonyl (C=O) groups excluding carboxylic acids is 2. The molecule has 3 aromatic rings. The SMILES string of the molecule is O=C(O)Cc1ccc2oc(C(=O)Nc3ccc(Cl)cn3)c(NC(=O)C3CCC(N4CCCC4)CC3)c2c1. The van der Waals surface area contributed by atoms with Crippen molar-refractivity contribution in [1.82, 2.24) is 9.88 Å². The number of fused-ring (bicyclic) bond motifs is 1. The monoisotopic (exact) mass is 524 g/mol. The molecule has 1 saturated heterocycles. The van der Waals surface area contributed by atoms with Crippen LogP contribution < -0.4 is 10.6 Å². The summed E-state index contributed by atoms with van der Waals surface area (Å²) in [5, 5.41) is 15.8. The van der Waals surface area contributed by atoms with Crippen LogP contribution in [-0.2, 0) is 16.0 Å². The number of rotatable bonds is 7. The van der Waals surface area contributed by atoms with E-state index in [1.807, 2.05) is 0 Å². The van der Waals surface area contributed by atoms with Gasteiger partial charge in [0.25, 0.3) is 5.91 Å². The lowest BCUT2D eigenvalue weighted by atomic mass is 9.84. The Labute approximate surface area is 219 Å². The Bertz CT molecular complexity index is 1310. The Hall–Kier alpha value is -3.43. The molecule has 1 saturated carbocycles. The van der Waals surface area contributed by atoms with Gasteiger partial charge in [-0.05, 0) is 81.4 Å². The van der Waals surface area contributed by atoms with Gasteiger partial charge >= 0.3 is 5.97 Å². The molecular formula is C27H29ClN4O5. The minimum Gasteiger partial charge on any atom is -0.481 e. The molecule has 3 N–H and O–H groups in total. The summed E-state index contributed by atoms with van der Waals surface area (Å²) in [6.07, 6.45) is 7.22. The number of likely N-dealkylation sites (tertiary alicyclic amines) is 1. The number of hydrogen-bond donors (Lipinski definition) is 3. The van der Waals surface area contributed by atoms with Crippen molar-refractivity contribution in [2.75, 3.05) is 23.7 Å². The number of anilines is 2. The van der Waals surface area contributed by atoms with Crippen molar-refractivity contribution in [2.45, 2.75) is 51.0 Å². The maximum Gasteiger partial charge on any atom is 0.307 e. The third-order valence-electron chi connectivity index (χ3n) is 7.26. The van der Waals surface area contributed by atoms with Gasteiger partial charge in [-0.2, -0.15) is 0 Å². The fourth-order valence-electron chi connectivity index (χ4n) is 5.37. The number of aromatic nitrogens is 1. The van der Waals surface area contributed by atoms with Crippen LogP contribution in [-0.4, -0.2) is 51.9 Å². The van der Waals surface area contributed by atoms with Crippen molar-refractivity contribution in [1.29, 1.82) is 0 Å². The highest BCUT2D eigenvalue weighted by Gasteiger charge is 2.32. The first-order chi connectivity index (χ1) is 17.9. The van der Waals surface area contributed by atoms with Crippen LogP contribution >= 0.6 is 11.6 Å². The summed E-state index contributed by atoms with van der Waals surface area (Å²) in [6.45, 7) is 2.28. The van der Waals surface area contributed by atoms with Crippen LogP contribution in [0.15, 0.2) is 40.9 Å². The van der Waals surface area contributed by atoms with E-state index in [9.17, 15) is 19.5 Å². The topological polar surface area (TPSA) is 125 Å². The predicted octanol–water partition coefficient (Wildman–Crippen LogP) is 4.95. The Morgan fingerprint density at radius 3 is 2.49 bits per heavy atom. The highest BCUT2D eigenvalue weighted by Crippen LogP contribution is 2.35. The molecule has 5 rings (SSSR count). The molecule has 2 fully saturated rings. The van der Waals surface area contributed by atoms with E-state index in [1.165, 1.54) is 19.0 Å². The fraction of sp³-hybridized carbons (Fsp3) is 0.407. The first-order valence-corrected chi connectivity index (χ1v) is 13.0. The van der Waals surface area contributed by atoms with Gasteiger partial charge in [-0.3, -0.25) is 14.4 Å². The number of furan rings is 1. The van der Waals surface area contributed by atoms with Crippen LogP contribution in [0.25, 0.3) is 11.0 Å². The van der Waals surface area contributed by atoms with Crippen molar-refractivity contribution >= 4 is 51.9 Å². The van der Waals surface area contributed by atoms with Crippen LogP contribution in [0.2, 0.25) is 5.02 Å². The van der Waals surface area contributed by atoms with Crippen molar-refractivity contribution in [2.24, 2.45) is 5.92 Å². The third kappa shape index (κ3) is 5.78. The maximum atomic E-state index is 13.4. The van der Waals surface area contributed by atoms with Gasteiger partial charge in [0, 0.05) is 23.5 Å². The summed E-state index contributed by atoms with van der Waals surface area (Å²) in [7, 11) is 0. The molecule has 0 unspecified atom stereocenters. The van der Waals surface area contributed by atoms with Crippen molar-refractivity contribution in [3.63, 3.8) is 0 Å². The Morgan fingerprint density at radius 2 is 1.81 bits per heavy atom. The number of hydrogen-bond acceptors (Lipinski definition) is 6. The van der Waals surface area contributed by atoms with E-state index >= 15 is 0 Å². The largest absolute Gasteiger partial charge is 0.481 e. The first kappa shape index (κ1) is 25.2. The molecule has 0 atom stereocenters. The minimum atomic E-state index is -0.977. The van der Waals surface area contributed by atoms with Crippen molar-refractivity contribution in [3.8, 4) is 0 Å². The van der Waals surface area contributed by atoms with Crippen LogP contribution in [0.4, 0.5) is 11.5 Å². The van der Waals surface area contributed by atoms with Gasteiger partial charge in [-0.15, -0.1) is 0 Å². The molecule has 0 radical (unpaired) electrons. The second kappa shape index (κ2) is 10.9. The van der Waals surface area contributed by atoms with E-state index < -0.39 is 11.9 Å². The van der Waals surface area contributed by atoms with Gasteiger partial charge in [0.1, 0.15) is 17.1 Å². The predicted molar refractivity (Wildman–Crippen MR) is 140 cm³/mol. The fourth-order valence-corrected chi connectivity index (χ4v) is 5.48. The van der Waals surface area contributed by atoms with Crippen LogP contribution in [0.5, 0.6) is 0 Å². The number of nitrogens with one attached hydrogen (secondary N) is 2. The minimum absolute atomic E-state index is 0.0710. The molecule has 9 nitrogen and oxygen atoms in total. The Morgan fingerprint density at radius 1 is 1.05 bits per heavy atom. The maximum absolute atomic E-state index is 13.4. The summed E-state index contributed by atoms with van der Waals surface area (Å²) in [5.74, 6) is -1.68. The lowest BCUT2D eigenvalue weighted by Gasteiger charge is -2.33. The third-order valence-corrected chi connectivity index (χ3v) is 7.48. The normalized spacial score (nSPS) is 20.1. The lowest BCUT2D eigenvalue weighted by Crippen LogP contribution is -2.38. The zero-order chi connectivity index (χ0) is 25.9. The summed E-state index contributed by atoms with van der Waals surface area (Å²) in [5.41, 5.74) is 1.14. The van der Waals surface area contributed by atoms with E-state index in [1.54, 1.807) is 30.3 Å². The number of carboxylic acids is 1. The molecule has 2 aromatic heterocycles. The average Bonchev–Trinajstić information content (AvgIpc) is 3.54. The molecule has 194 valence electrons. The van der Waals surface area contributed by atoms with E-state index in [0.717, 1.165) is 38.8 Å². The van der Waals surface area contributed by atoms with Crippen molar-refractivity contribution in [3.05, 3.63) is 52.9 Å². The van der Waals surface area contributed by atoms with E-state index in [2.05, 4.69) is 20.5 Å². The molecule has 10 heteroatoms. The number of pyridine rings is 1. The number of benzene rings is 1. The number of halogens is 1. The summed E-state index contributed by atoms with van der Waals surface area (Å²) in [6, 6.07) is 8.58. The summed E-state index contributed by atoms with van der Waals surface area (Å²) < 4.78 is 5.85. The summed E-state index contributed by atoms with van der Waals surface area (Å²) >= 11 is 5.89. The molecule has 1 aromatic carbocycles. The molecule has 0 spiro atoms. The molecule has 37 heavy (non-hydrogen) atoms. The number of nitrogens with zero attached hydrogens (tertiary/aromatic N) is 2. The second-order valence-corrected chi connectivity index (χ2v) is 10.2. The highest BCUT2D eigenvalue weighted by atomic mass is 35.5. The van der Waals surface area contributed by atoms with Crippen LogP contribution in [0, 0.1) is 5.92 Å². The zero-order valence-electron chi connectivity index (χ0n) is 20.3. The second-order valence-electron chi connectivity index (χ2n) is 9.76. The van der Waals surface area contributed by atoms with E-state index in [0.29, 0.717) is 27.6 Å². The Kier molecular flexibility index (Phi) is 7.43. The number of carboxylic acid groups (broad SMARTS) is 1. The molecule has 1 aliphatic carbocycles. The smallest absolute Gasteiger partial charge is 0.307 e. The number of carbonyl (C=O) groups is 3. The summed E-state index contributed by atoms with van der Waals surface area (Å²) in [4.78, 5) is 44.4. The van der Waals surface area contributed by atoms with E-state index in [-0.39, 0.29) is 35.5 Å². The van der Waals surface area contributed by atoms with Gasteiger partial charge in [-0.25, -0.2) is 4.98 Å². The van der Waals surface area contributed by atoms with Crippen molar-refractivity contribution < 1.29 is 23.9 Å². The van der Waals surface area contributed by atoms with Gasteiger partial charge in [0.05, 0.1) is 11.4 Å². The average molecular weight is 525 g/mol. The number of aliphatic carboxylic acids is 1. The molecule has 0 bridgehead atoms. The first-order valence-electron chi connectivity index (χ1n) is 12.6. The standard InChI is InChI=1S/C27H29ClN4O5/c28-18-6-10-22(29-15-18)30-27(36)25-24(20-13-16(14-23(33)34)3-9-21(20)37-25)31-26(35)17-4-7-19(8-5-17)32-11-1-2-12-32/h3,6,9-10,13,15,17,19H,1-2,4-5,7-8,11-12,14H2,(H,31,35)(H,33,34)(H,29,30,36). The zero-order valence-corrected chi connectivity index (χ0v) is 21.1. The van der Waals surface area contributed by atoms with Gasteiger partial charge in [0.2, 0.25) is 11.7 Å².